The van der Waals surface area contributed by atoms with Gasteiger partial charge in [-0.25, -0.2) is 0 Å². The lowest BCUT2D eigenvalue weighted by atomic mass is 9.93. The first kappa shape index (κ1) is 25.4. The van der Waals surface area contributed by atoms with Crippen LogP contribution in [0.15, 0.2) is 60.2 Å². The van der Waals surface area contributed by atoms with E-state index in [2.05, 4.69) is 62.5 Å². The second kappa shape index (κ2) is 11.4. The van der Waals surface area contributed by atoms with Crippen molar-refractivity contribution in [1.29, 1.82) is 5.26 Å². The highest BCUT2D eigenvalue weighted by atomic mass is 16.5. The van der Waals surface area contributed by atoms with Crippen molar-refractivity contribution in [3.8, 4) is 22.9 Å². The van der Waals surface area contributed by atoms with Crippen LogP contribution in [0.5, 0.6) is 5.75 Å². The van der Waals surface area contributed by atoms with E-state index in [9.17, 15) is 10.1 Å². The van der Waals surface area contributed by atoms with Crippen LogP contribution < -0.4 is 10.1 Å². The lowest BCUT2D eigenvalue weighted by Crippen LogP contribution is -2.15. The smallest absolute Gasteiger partial charge is 0.159 e. The molecule has 0 bridgehead atoms. The topological polar surface area (TPSA) is 62.1 Å². The van der Waals surface area contributed by atoms with Gasteiger partial charge < -0.3 is 10.1 Å². The summed E-state index contributed by atoms with van der Waals surface area (Å²) in [6.45, 7) is 10.6. The van der Waals surface area contributed by atoms with Gasteiger partial charge in [0.2, 0.25) is 0 Å². The summed E-state index contributed by atoms with van der Waals surface area (Å²) in [5.41, 5.74) is 9.40. The highest BCUT2D eigenvalue weighted by Crippen LogP contribution is 2.31. The number of benzene rings is 3. The average Bonchev–Trinajstić information content (AvgIpc) is 3.39. The summed E-state index contributed by atoms with van der Waals surface area (Å²) >= 11 is 0. The van der Waals surface area contributed by atoms with Crippen molar-refractivity contribution in [3.05, 3.63) is 93.6 Å². The van der Waals surface area contributed by atoms with Gasteiger partial charge in [0.25, 0.3) is 0 Å². The van der Waals surface area contributed by atoms with E-state index in [0.29, 0.717) is 23.8 Å². The summed E-state index contributed by atoms with van der Waals surface area (Å²) in [6.07, 6.45) is 4.17. The van der Waals surface area contributed by atoms with Crippen molar-refractivity contribution in [2.45, 2.75) is 40.5 Å². The van der Waals surface area contributed by atoms with E-state index in [1.54, 1.807) is 6.92 Å². The molecule has 1 heterocycles. The van der Waals surface area contributed by atoms with Crippen molar-refractivity contribution in [3.63, 3.8) is 0 Å². The minimum Gasteiger partial charge on any atom is -0.492 e. The van der Waals surface area contributed by atoms with Gasteiger partial charge in [-0.3, -0.25) is 4.79 Å². The molecular weight excluding hydrogens is 444 g/mol. The summed E-state index contributed by atoms with van der Waals surface area (Å²) in [6, 6.07) is 20.5. The molecule has 4 heteroatoms. The second-order valence-corrected chi connectivity index (χ2v) is 9.88. The van der Waals surface area contributed by atoms with Crippen molar-refractivity contribution >= 4 is 11.9 Å². The molecule has 184 valence electrons. The molecule has 1 fully saturated rings. The largest absolute Gasteiger partial charge is 0.492 e. The zero-order valence-corrected chi connectivity index (χ0v) is 21.7. The fourth-order valence-electron chi connectivity index (χ4n) is 4.83. The molecule has 0 amide bonds. The molecule has 1 N–H and O–H groups in total. The van der Waals surface area contributed by atoms with Crippen molar-refractivity contribution in [2.24, 2.45) is 5.92 Å². The Hall–Kier alpha value is -3.68. The Bertz CT molecular complexity index is 1340. The molecule has 1 saturated heterocycles. The number of nitrogens with one attached hydrogen (secondary N) is 1. The van der Waals surface area contributed by atoms with Gasteiger partial charge in [0.15, 0.2) is 5.78 Å². The monoisotopic (exact) mass is 478 g/mol. The van der Waals surface area contributed by atoms with E-state index < -0.39 is 0 Å². The van der Waals surface area contributed by atoms with Gasteiger partial charge in [0, 0.05) is 18.0 Å². The maximum Gasteiger partial charge on any atom is 0.159 e. The lowest BCUT2D eigenvalue weighted by molar-refractivity contribution is 0.101. The zero-order valence-electron chi connectivity index (χ0n) is 21.7. The fourth-order valence-corrected chi connectivity index (χ4v) is 4.83. The van der Waals surface area contributed by atoms with E-state index >= 15 is 0 Å². The number of hydrogen-bond donors (Lipinski definition) is 1. The lowest BCUT2D eigenvalue weighted by Gasteiger charge is -2.14. The minimum absolute atomic E-state index is 0.0922. The molecule has 36 heavy (non-hydrogen) atoms. The van der Waals surface area contributed by atoms with Crippen LogP contribution >= 0.6 is 0 Å². The minimum atomic E-state index is 0.0922. The first-order valence-electron chi connectivity index (χ1n) is 12.6. The van der Waals surface area contributed by atoms with Gasteiger partial charge in [-0.05, 0) is 98.7 Å². The first-order chi connectivity index (χ1) is 17.4. The van der Waals surface area contributed by atoms with Crippen molar-refractivity contribution < 1.29 is 9.53 Å². The van der Waals surface area contributed by atoms with Gasteiger partial charge in [-0.1, -0.05) is 48.0 Å². The van der Waals surface area contributed by atoms with Crippen LogP contribution in [-0.2, 0) is 6.42 Å². The normalized spacial score (nSPS) is 15.5. The summed E-state index contributed by atoms with van der Waals surface area (Å²) in [7, 11) is 0. The molecule has 4 nitrogen and oxygen atoms in total. The third-order valence-electron chi connectivity index (χ3n) is 7.04. The molecule has 1 unspecified atom stereocenters. The Morgan fingerprint density at radius 3 is 2.67 bits per heavy atom. The number of hydrogen-bond acceptors (Lipinski definition) is 4. The SMILES string of the molecule is CC(=O)c1ccc(C/C(C)=C/c2cccc(-c3ccc(OCC4CCNC4)c(C#N)c3)c2C)c(C)c1. The molecule has 0 aromatic heterocycles. The Kier molecular flexibility index (Phi) is 8.03. The van der Waals surface area contributed by atoms with E-state index in [1.807, 2.05) is 30.3 Å². The quantitative estimate of drug-likeness (QED) is 0.367. The van der Waals surface area contributed by atoms with Gasteiger partial charge in [-0.15, -0.1) is 0 Å². The molecule has 1 atom stereocenters. The number of ether oxygens (including phenoxy) is 1. The van der Waals surface area contributed by atoms with Gasteiger partial charge in [-0.2, -0.15) is 5.26 Å². The highest BCUT2D eigenvalue weighted by molar-refractivity contribution is 5.94. The van der Waals surface area contributed by atoms with Crippen LogP contribution in [0.4, 0.5) is 0 Å². The average molecular weight is 479 g/mol. The van der Waals surface area contributed by atoms with E-state index in [0.717, 1.165) is 53.7 Å². The Labute approximate surface area is 214 Å². The highest BCUT2D eigenvalue weighted by Gasteiger charge is 2.16. The Morgan fingerprint density at radius 1 is 1.14 bits per heavy atom. The van der Waals surface area contributed by atoms with Gasteiger partial charge in [0.1, 0.15) is 11.8 Å². The number of nitrogens with zero attached hydrogens (tertiary/aromatic N) is 1. The number of allylic oxidation sites excluding steroid dienone is 1. The number of aryl methyl sites for hydroxylation is 1. The predicted molar refractivity (Wildman–Crippen MR) is 146 cm³/mol. The molecule has 4 rings (SSSR count). The molecule has 1 aliphatic heterocycles. The second-order valence-electron chi connectivity index (χ2n) is 9.88. The molecule has 3 aromatic carbocycles. The van der Waals surface area contributed by atoms with Crippen molar-refractivity contribution in [1.82, 2.24) is 5.32 Å². The number of rotatable bonds is 8. The van der Waals surface area contributed by atoms with Crippen LogP contribution in [0.1, 0.15) is 58.4 Å². The van der Waals surface area contributed by atoms with Crippen molar-refractivity contribution in [2.75, 3.05) is 19.7 Å². The standard InChI is InChI=1S/C32H34N2O2/c1-21(14-26-8-9-28(24(4)35)16-22(26)2)15-27-6-5-7-31(23(27)3)29-10-11-32(30(17-29)18-33)36-20-25-12-13-34-19-25/h5-11,15-17,25,34H,12-14,19-20H2,1-4H3/b21-15+. The van der Waals surface area contributed by atoms with Crippen LogP contribution in [-0.4, -0.2) is 25.5 Å². The number of Topliss-reactive ketones (excluding diaryl/α,β-unsaturated/α-hetero) is 1. The fraction of sp³-hybridized carbons (Fsp3) is 0.312. The zero-order chi connectivity index (χ0) is 25.7. The molecule has 1 aliphatic rings. The molecule has 0 saturated carbocycles. The van der Waals surface area contributed by atoms with Crippen LogP contribution in [0.25, 0.3) is 17.2 Å². The summed E-state index contributed by atoms with van der Waals surface area (Å²) < 4.78 is 6.01. The molecular formula is C32H34N2O2. The van der Waals surface area contributed by atoms with E-state index in [1.165, 1.54) is 16.7 Å². The molecule has 0 radical (unpaired) electrons. The summed E-state index contributed by atoms with van der Waals surface area (Å²) in [5, 5.41) is 13.1. The Morgan fingerprint density at radius 2 is 1.97 bits per heavy atom. The number of carbonyl (C=O) groups excluding carboxylic acids is 1. The number of ketones is 1. The third kappa shape index (κ3) is 5.93. The number of carbonyl (C=O) groups is 1. The molecule has 3 aromatic rings. The van der Waals surface area contributed by atoms with Gasteiger partial charge >= 0.3 is 0 Å². The Balaban J connectivity index is 1.55. The first-order valence-corrected chi connectivity index (χ1v) is 12.6. The van der Waals surface area contributed by atoms with Crippen LogP contribution in [0.2, 0.25) is 0 Å². The van der Waals surface area contributed by atoms with E-state index in [4.69, 9.17) is 4.74 Å². The van der Waals surface area contributed by atoms with Gasteiger partial charge in [0.05, 0.1) is 12.2 Å². The predicted octanol–water partition coefficient (Wildman–Crippen LogP) is 6.68. The summed E-state index contributed by atoms with van der Waals surface area (Å²) in [4.78, 5) is 11.7. The maximum absolute atomic E-state index is 11.7. The van der Waals surface area contributed by atoms with Crippen LogP contribution in [0, 0.1) is 31.1 Å². The number of nitriles is 1. The third-order valence-corrected chi connectivity index (χ3v) is 7.04. The summed E-state index contributed by atoms with van der Waals surface area (Å²) in [5.74, 6) is 1.25. The molecule has 0 spiro atoms. The van der Waals surface area contributed by atoms with E-state index in [-0.39, 0.29) is 5.78 Å². The maximum atomic E-state index is 11.7. The van der Waals surface area contributed by atoms with Crippen LogP contribution in [0.3, 0.4) is 0 Å². The molecule has 0 aliphatic carbocycles.